The highest BCUT2D eigenvalue weighted by molar-refractivity contribution is 6.03. The van der Waals surface area contributed by atoms with Crippen LogP contribution in [0.1, 0.15) is 88.2 Å². The summed E-state index contributed by atoms with van der Waals surface area (Å²) in [7, 11) is 0. The normalized spacial score (nSPS) is 21.5. The van der Waals surface area contributed by atoms with E-state index in [-0.39, 0.29) is 23.8 Å². The van der Waals surface area contributed by atoms with E-state index in [0.29, 0.717) is 31.1 Å². The van der Waals surface area contributed by atoms with Crippen LogP contribution in [-0.2, 0) is 16.0 Å². The van der Waals surface area contributed by atoms with Crippen molar-refractivity contribution in [2.24, 2.45) is 23.2 Å². The van der Waals surface area contributed by atoms with Crippen molar-refractivity contribution in [1.82, 2.24) is 0 Å². The van der Waals surface area contributed by atoms with Gasteiger partial charge >= 0.3 is 0 Å². The summed E-state index contributed by atoms with van der Waals surface area (Å²) in [6.07, 6.45) is 7.22. The van der Waals surface area contributed by atoms with E-state index in [1.165, 1.54) is 0 Å². The zero-order valence-electron chi connectivity index (χ0n) is 19.6. The second kappa shape index (κ2) is 10.3. The van der Waals surface area contributed by atoms with Crippen molar-refractivity contribution >= 4 is 17.3 Å². The Hall–Kier alpha value is -2.03. The SMILES string of the molecule is Cc1ccc2c(c1)C(=O)[C@H](CC(=O)CCC(C)C)[C@@](C)(/C=C/C(=O)CCC(C)C)C2. The van der Waals surface area contributed by atoms with Crippen molar-refractivity contribution < 1.29 is 14.4 Å². The van der Waals surface area contributed by atoms with E-state index in [4.69, 9.17) is 0 Å². The zero-order valence-corrected chi connectivity index (χ0v) is 19.6. The average Bonchev–Trinajstić information content (AvgIpc) is 2.67. The van der Waals surface area contributed by atoms with Crippen LogP contribution >= 0.6 is 0 Å². The molecular formula is C27H38O3. The number of benzene rings is 1. The summed E-state index contributed by atoms with van der Waals surface area (Å²) in [5, 5.41) is 0. The predicted molar refractivity (Wildman–Crippen MR) is 123 cm³/mol. The largest absolute Gasteiger partial charge is 0.300 e. The fourth-order valence-corrected chi connectivity index (χ4v) is 4.17. The van der Waals surface area contributed by atoms with Gasteiger partial charge < -0.3 is 0 Å². The van der Waals surface area contributed by atoms with E-state index in [0.717, 1.165) is 29.5 Å². The second-order valence-corrected chi connectivity index (χ2v) is 10.2. The summed E-state index contributed by atoms with van der Waals surface area (Å²) >= 11 is 0. The summed E-state index contributed by atoms with van der Waals surface area (Å²) in [5.74, 6) is 0.806. The maximum Gasteiger partial charge on any atom is 0.167 e. The van der Waals surface area contributed by atoms with Gasteiger partial charge in [-0.1, -0.05) is 58.4 Å². The molecule has 164 valence electrons. The van der Waals surface area contributed by atoms with Gasteiger partial charge in [0.05, 0.1) is 0 Å². The molecule has 3 nitrogen and oxygen atoms in total. The van der Waals surface area contributed by atoms with Crippen molar-refractivity contribution in [1.29, 1.82) is 0 Å². The summed E-state index contributed by atoms with van der Waals surface area (Å²) in [4.78, 5) is 38.5. The topological polar surface area (TPSA) is 51.2 Å². The standard InChI is InChI=1S/C27H38O3/c1-18(2)7-11-22(28)13-14-27(6)17-21-10-9-20(5)15-24(21)26(30)25(27)16-23(29)12-8-19(3)4/h9-10,13-15,18-19,25H,7-8,11-12,16-17H2,1-6H3/b14-13+/t25-,27-/m0/s1. The Balaban J connectivity index is 2.30. The molecule has 0 saturated carbocycles. The van der Waals surface area contributed by atoms with Gasteiger partial charge in [0.1, 0.15) is 5.78 Å². The minimum atomic E-state index is -0.527. The van der Waals surface area contributed by atoms with Crippen molar-refractivity contribution in [3.63, 3.8) is 0 Å². The first kappa shape index (κ1) is 24.2. The molecule has 0 bridgehead atoms. The minimum Gasteiger partial charge on any atom is -0.300 e. The fourth-order valence-electron chi connectivity index (χ4n) is 4.17. The summed E-state index contributed by atoms with van der Waals surface area (Å²) < 4.78 is 0. The molecule has 0 aromatic heterocycles. The summed E-state index contributed by atoms with van der Waals surface area (Å²) in [6.45, 7) is 12.4. The third-order valence-electron chi connectivity index (χ3n) is 6.27. The van der Waals surface area contributed by atoms with Crippen molar-refractivity contribution in [3.05, 3.63) is 47.0 Å². The molecule has 3 heteroatoms. The number of allylic oxidation sites excluding steroid dienone is 2. The molecule has 0 spiro atoms. The Morgan fingerprint density at radius 3 is 2.37 bits per heavy atom. The highest BCUT2D eigenvalue weighted by Gasteiger charge is 2.43. The number of rotatable bonds is 10. The third-order valence-corrected chi connectivity index (χ3v) is 6.27. The van der Waals surface area contributed by atoms with Gasteiger partial charge in [-0.2, -0.15) is 0 Å². The molecule has 0 unspecified atom stereocenters. The first-order valence-electron chi connectivity index (χ1n) is 11.4. The molecule has 0 N–H and O–H groups in total. The first-order chi connectivity index (χ1) is 14.0. The van der Waals surface area contributed by atoms with Gasteiger partial charge in [-0.15, -0.1) is 0 Å². The zero-order chi connectivity index (χ0) is 22.5. The van der Waals surface area contributed by atoms with Crippen LogP contribution < -0.4 is 0 Å². The van der Waals surface area contributed by atoms with Crippen LogP contribution in [0.5, 0.6) is 0 Å². The molecule has 0 amide bonds. The Morgan fingerprint density at radius 2 is 1.73 bits per heavy atom. The third kappa shape index (κ3) is 6.48. The Bertz CT molecular complexity index is 815. The number of aryl methyl sites for hydroxylation is 1. The maximum absolute atomic E-state index is 13.4. The predicted octanol–water partition coefficient (Wildman–Crippen LogP) is 6.31. The van der Waals surface area contributed by atoms with Gasteiger partial charge in [-0.3, -0.25) is 14.4 Å². The molecular weight excluding hydrogens is 372 g/mol. The smallest absolute Gasteiger partial charge is 0.167 e. The highest BCUT2D eigenvalue weighted by Crippen LogP contribution is 2.43. The molecule has 1 aliphatic rings. The van der Waals surface area contributed by atoms with E-state index in [2.05, 4.69) is 27.7 Å². The van der Waals surface area contributed by atoms with Crippen LogP contribution in [0.4, 0.5) is 0 Å². The van der Waals surface area contributed by atoms with Crippen LogP contribution in [0.2, 0.25) is 0 Å². The highest BCUT2D eigenvalue weighted by atomic mass is 16.1. The van der Waals surface area contributed by atoms with Gasteiger partial charge in [0.2, 0.25) is 0 Å². The molecule has 0 saturated heterocycles. The molecule has 2 rings (SSSR count). The first-order valence-corrected chi connectivity index (χ1v) is 11.4. The summed E-state index contributed by atoms with van der Waals surface area (Å²) in [5.41, 5.74) is 2.28. The van der Waals surface area contributed by atoms with Crippen molar-refractivity contribution in [2.75, 3.05) is 0 Å². The lowest BCUT2D eigenvalue weighted by molar-refractivity contribution is -0.120. The van der Waals surface area contributed by atoms with Crippen molar-refractivity contribution in [3.8, 4) is 0 Å². The Kier molecular flexibility index (Phi) is 8.34. The van der Waals surface area contributed by atoms with Crippen LogP contribution in [0.25, 0.3) is 0 Å². The number of Topliss-reactive ketones (excluding diaryl/α,β-unsaturated/α-hetero) is 2. The molecule has 0 radical (unpaired) electrons. The number of ketones is 3. The average molecular weight is 411 g/mol. The number of hydrogen-bond donors (Lipinski definition) is 0. The Morgan fingerprint density at radius 1 is 1.10 bits per heavy atom. The van der Waals surface area contributed by atoms with E-state index < -0.39 is 11.3 Å². The molecule has 1 aromatic rings. The lowest BCUT2D eigenvalue weighted by Gasteiger charge is -2.39. The molecule has 30 heavy (non-hydrogen) atoms. The Labute approximate surface area is 182 Å². The molecule has 2 atom stereocenters. The minimum absolute atomic E-state index is 0.0413. The van der Waals surface area contributed by atoms with Gasteiger partial charge in [-0.25, -0.2) is 0 Å². The van der Waals surface area contributed by atoms with E-state index in [1.54, 1.807) is 6.08 Å². The van der Waals surface area contributed by atoms with Crippen LogP contribution in [0, 0.1) is 30.1 Å². The lowest BCUT2D eigenvalue weighted by Crippen LogP contribution is -2.40. The molecule has 0 aliphatic heterocycles. The number of fused-ring (bicyclic) bond motifs is 1. The van der Waals surface area contributed by atoms with Gasteiger partial charge in [0.25, 0.3) is 0 Å². The number of hydrogen-bond acceptors (Lipinski definition) is 3. The summed E-state index contributed by atoms with van der Waals surface area (Å²) in [6, 6.07) is 5.99. The van der Waals surface area contributed by atoms with Gasteiger partial charge in [0, 0.05) is 36.2 Å². The molecule has 0 heterocycles. The van der Waals surface area contributed by atoms with E-state index in [9.17, 15) is 14.4 Å². The van der Waals surface area contributed by atoms with Crippen LogP contribution in [0.15, 0.2) is 30.4 Å². The quantitative estimate of drug-likeness (QED) is 0.425. The number of carbonyl (C=O) groups excluding carboxylic acids is 3. The molecule has 1 aliphatic carbocycles. The van der Waals surface area contributed by atoms with E-state index in [1.807, 2.05) is 38.1 Å². The number of carbonyl (C=O) groups is 3. The molecule has 1 aromatic carbocycles. The second-order valence-electron chi connectivity index (χ2n) is 10.2. The van der Waals surface area contributed by atoms with Crippen molar-refractivity contribution in [2.45, 2.75) is 80.1 Å². The fraction of sp³-hybridized carbons (Fsp3) is 0.593. The maximum atomic E-state index is 13.4. The van der Waals surface area contributed by atoms with Gasteiger partial charge in [0.15, 0.2) is 11.6 Å². The lowest BCUT2D eigenvalue weighted by atomic mass is 9.63. The van der Waals surface area contributed by atoms with E-state index >= 15 is 0 Å². The molecule has 0 fully saturated rings. The monoisotopic (exact) mass is 410 g/mol. The van der Waals surface area contributed by atoms with Gasteiger partial charge in [-0.05, 0) is 55.7 Å². The van der Waals surface area contributed by atoms with Crippen LogP contribution in [-0.4, -0.2) is 17.3 Å². The van der Waals surface area contributed by atoms with Crippen LogP contribution in [0.3, 0.4) is 0 Å².